The van der Waals surface area contributed by atoms with Gasteiger partial charge in [0, 0.05) is 40.0 Å². The number of carbonyl (C=O) groups is 7. The average molecular weight is 830 g/mol. The molecule has 0 aromatic rings. The number of hydrogen-bond acceptors (Lipinski definition) is 20. The van der Waals surface area contributed by atoms with Crippen molar-refractivity contribution in [1.82, 2.24) is 16.0 Å². The van der Waals surface area contributed by atoms with Gasteiger partial charge in [-0.2, -0.15) is 0 Å². The largest absolute Gasteiger partial charge is 0.477 e. The van der Waals surface area contributed by atoms with Gasteiger partial charge in [-0.25, -0.2) is 14.4 Å². The van der Waals surface area contributed by atoms with E-state index in [0.717, 1.165) is 20.8 Å². The molecule has 324 valence electrons. The molecule has 26 heteroatoms. The molecule has 0 bridgehead atoms. The van der Waals surface area contributed by atoms with Crippen LogP contribution in [-0.2, 0) is 57.2 Å². The van der Waals surface area contributed by atoms with Gasteiger partial charge in [0.15, 0.2) is 6.29 Å². The number of aliphatic hydroxyl groups excluding tert-OH is 7. The Morgan fingerprint density at radius 3 is 1.39 bits per heavy atom. The standard InChI is InChI=1S/C31H47N3O23/c1-10(38)32-19-14(42)5-30(27(48)49,53-16(19)7-35)54-18(9-37)23(45)25-21(34-12(3)40)15(43)6-31(57-25,28(50)51)55-17(8-36)22(44)24-20(33-11(2)39)13(41)4-29(52,56-24)26(46)47/h7,13-25,36-37,41-45,52H,4-6,8-9H2,1-3H3,(H,32,38)(H,33,39)(H,34,40)(H,46,47)(H,48,49)(H,50,51)/t13-,14-,15-,16?,17?,18?,19+,20+,21+,22+,23+,24?,25?,29+,30-,31+/m0/s1. The highest BCUT2D eigenvalue weighted by atomic mass is 16.8. The lowest BCUT2D eigenvalue weighted by Crippen LogP contribution is -2.71. The maximum absolute atomic E-state index is 12.9. The fraction of sp³-hybridized carbons (Fsp3) is 0.774. The zero-order valence-corrected chi connectivity index (χ0v) is 30.4. The zero-order valence-electron chi connectivity index (χ0n) is 30.4. The topological polar surface area (TPSA) is 424 Å². The summed E-state index contributed by atoms with van der Waals surface area (Å²) in [6.45, 7) is 0.124. The van der Waals surface area contributed by atoms with Gasteiger partial charge in [-0.3, -0.25) is 14.4 Å². The van der Waals surface area contributed by atoms with Gasteiger partial charge in [0.25, 0.3) is 17.4 Å². The van der Waals surface area contributed by atoms with Crippen LogP contribution in [0.15, 0.2) is 0 Å². The van der Waals surface area contributed by atoms with Crippen molar-refractivity contribution in [1.29, 1.82) is 0 Å². The minimum absolute atomic E-state index is 0.0199. The van der Waals surface area contributed by atoms with Crippen molar-refractivity contribution < 1.29 is 113 Å². The maximum Gasteiger partial charge on any atom is 0.364 e. The number of ether oxygens (including phenoxy) is 5. The van der Waals surface area contributed by atoms with E-state index in [9.17, 15) is 89.7 Å². The van der Waals surface area contributed by atoms with Crippen LogP contribution in [0, 0.1) is 0 Å². The Hall–Kier alpha value is -4.03. The molecule has 3 heterocycles. The van der Waals surface area contributed by atoms with Gasteiger partial charge in [0.05, 0.1) is 49.7 Å². The van der Waals surface area contributed by atoms with E-state index in [0.29, 0.717) is 0 Å². The first-order valence-corrected chi connectivity index (χ1v) is 17.1. The van der Waals surface area contributed by atoms with E-state index in [4.69, 9.17) is 23.7 Å². The van der Waals surface area contributed by atoms with Crippen molar-refractivity contribution in [3.8, 4) is 0 Å². The third-order valence-electron chi connectivity index (χ3n) is 9.44. The highest BCUT2D eigenvalue weighted by Crippen LogP contribution is 2.39. The summed E-state index contributed by atoms with van der Waals surface area (Å²) in [4.78, 5) is 84.9. The summed E-state index contributed by atoms with van der Waals surface area (Å²) in [6.07, 6.45) is -25.2. The molecule has 0 aromatic carbocycles. The summed E-state index contributed by atoms with van der Waals surface area (Å²) in [5.74, 6) is -18.4. The normalized spacial score (nSPS) is 37.7. The molecule has 3 fully saturated rings. The van der Waals surface area contributed by atoms with Crippen LogP contribution in [0.1, 0.15) is 40.0 Å². The second kappa shape index (κ2) is 18.7. The Bertz CT molecular complexity index is 1520. The van der Waals surface area contributed by atoms with E-state index in [-0.39, 0.29) is 6.29 Å². The van der Waals surface area contributed by atoms with Crippen LogP contribution in [0.3, 0.4) is 0 Å². The van der Waals surface area contributed by atoms with Crippen LogP contribution in [0.2, 0.25) is 0 Å². The minimum Gasteiger partial charge on any atom is -0.477 e. The molecule has 5 unspecified atom stereocenters. The fourth-order valence-electron chi connectivity index (χ4n) is 6.82. The van der Waals surface area contributed by atoms with E-state index < -0.39 is 165 Å². The van der Waals surface area contributed by atoms with Crippen LogP contribution in [0.4, 0.5) is 0 Å². The molecule has 16 atom stereocenters. The zero-order chi connectivity index (χ0) is 43.4. The van der Waals surface area contributed by atoms with Gasteiger partial charge >= 0.3 is 17.9 Å². The first kappa shape index (κ1) is 47.3. The molecular formula is C31H47N3O23. The predicted octanol–water partition coefficient (Wildman–Crippen LogP) is -8.04. The van der Waals surface area contributed by atoms with Crippen molar-refractivity contribution in [3.63, 3.8) is 0 Å². The number of aliphatic hydroxyl groups is 8. The van der Waals surface area contributed by atoms with Crippen molar-refractivity contribution >= 4 is 41.9 Å². The number of aliphatic carboxylic acids is 3. The molecule has 3 saturated heterocycles. The SMILES string of the molecule is CC(=O)N[C@H]1C(C=O)O[C@@](OC(CO)[C@@H](O)C2O[C@@](OC(CO)[C@@H](O)C3O[C@@](O)(C(=O)O)C[C@H](O)[C@H]3NC(C)=O)(C(=O)O)C[C@H](O)[C@H]2NC(C)=O)(C(=O)O)C[C@@H]1O. The number of rotatable bonds is 17. The number of amides is 3. The van der Waals surface area contributed by atoms with Crippen molar-refractivity contribution in [3.05, 3.63) is 0 Å². The van der Waals surface area contributed by atoms with E-state index in [1.807, 2.05) is 0 Å². The van der Waals surface area contributed by atoms with Gasteiger partial charge in [-0.15, -0.1) is 0 Å². The fourth-order valence-corrected chi connectivity index (χ4v) is 6.82. The van der Waals surface area contributed by atoms with Crippen molar-refractivity contribution in [2.45, 2.75) is 137 Å². The molecule has 0 saturated carbocycles. The van der Waals surface area contributed by atoms with Crippen LogP contribution < -0.4 is 16.0 Å². The molecule has 3 amide bonds. The lowest BCUT2D eigenvalue weighted by atomic mass is 9.87. The molecular weight excluding hydrogens is 782 g/mol. The highest BCUT2D eigenvalue weighted by Gasteiger charge is 2.61. The number of carboxylic acid groups (broad SMARTS) is 3. The quantitative estimate of drug-likeness (QED) is 0.0605. The number of carboxylic acids is 3. The first-order chi connectivity index (χ1) is 26.4. The summed E-state index contributed by atoms with van der Waals surface area (Å²) in [5, 5.41) is 123. The molecule has 0 aromatic heterocycles. The van der Waals surface area contributed by atoms with Gasteiger partial charge < -0.3 is 101 Å². The molecule has 3 aliphatic heterocycles. The third kappa shape index (κ3) is 10.4. The minimum atomic E-state index is -3.30. The molecule has 26 nitrogen and oxygen atoms in total. The van der Waals surface area contributed by atoms with E-state index in [1.54, 1.807) is 0 Å². The number of carbonyl (C=O) groups excluding carboxylic acids is 4. The first-order valence-electron chi connectivity index (χ1n) is 17.1. The number of nitrogens with one attached hydrogen (secondary N) is 3. The molecule has 3 rings (SSSR count). The molecule has 0 aliphatic carbocycles. The second-order valence-electron chi connectivity index (χ2n) is 13.7. The smallest absolute Gasteiger partial charge is 0.364 e. The predicted molar refractivity (Wildman–Crippen MR) is 175 cm³/mol. The molecule has 57 heavy (non-hydrogen) atoms. The van der Waals surface area contributed by atoms with Crippen molar-refractivity contribution in [2.24, 2.45) is 0 Å². The summed E-state index contributed by atoms with van der Waals surface area (Å²) < 4.78 is 27.0. The van der Waals surface area contributed by atoms with Crippen LogP contribution in [0.5, 0.6) is 0 Å². The average Bonchev–Trinajstić information content (AvgIpc) is 3.11. The monoisotopic (exact) mass is 829 g/mol. The van der Waals surface area contributed by atoms with E-state index in [2.05, 4.69) is 16.0 Å². The highest BCUT2D eigenvalue weighted by molar-refractivity contribution is 5.79. The summed E-state index contributed by atoms with van der Waals surface area (Å²) in [7, 11) is 0. The molecule has 14 N–H and O–H groups in total. The molecule has 0 radical (unpaired) electrons. The Kier molecular flexibility index (Phi) is 15.5. The van der Waals surface area contributed by atoms with E-state index >= 15 is 0 Å². The lowest BCUT2D eigenvalue weighted by molar-refractivity contribution is -0.351. The summed E-state index contributed by atoms with van der Waals surface area (Å²) >= 11 is 0. The summed E-state index contributed by atoms with van der Waals surface area (Å²) in [5.41, 5.74) is 0. The Labute approximate surface area is 321 Å². The maximum atomic E-state index is 12.9. The van der Waals surface area contributed by atoms with Gasteiger partial charge in [-0.1, -0.05) is 0 Å². The van der Waals surface area contributed by atoms with Crippen LogP contribution in [-0.4, -0.2) is 208 Å². The lowest BCUT2D eigenvalue weighted by Gasteiger charge is -2.50. The van der Waals surface area contributed by atoms with Gasteiger partial charge in [0.2, 0.25) is 17.7 Å². The number of aldehydes is 1. The van der Waals surface area contributed by atoms with Crippen LogP contribution in [0.25, 0.3) is 0 Å². The van der Waals surface area contributed by atoms with Crippen molar-refractivity contribution in [2.75, 3.05) is 13.2 Å². The second-order valence-corrected chi connectivity index (χ2v) is 13.7. The van der Waals surface area contributed by atoms with Crippen LogP contribution >= 0.6 is 0 Å². The van der Waals surface area contributed by atoms with E-state index in [1.165, 1.54) is 0 Å². The molecule has 0 spiro atoms. The third-order valence-corrected chi connectivity index (χ3v) is 9.44. The summed E-state index contributed by atoms with van der Waals surface area (Å²) in [6, 6.07) is -5.07. The molecule has 3 aliphatic rings. The number of hydrogen-bond donors (Lipinski definition) is 14. The Morgan fingerprint density at radius 1 is 0.649 bits per heavy atom. The Balaban J connectivity index is 2.05. The van der Waals surface area contributed by atoms with Gasteiger partial charge in [-0.05, 0) is 0 Å². The van der Waals surface area contributed by atoms with Gasteiger partial charge in [0.1, 0.15) is 42.7 Å². The Morgan fingerprint density at radius 2 is 1.02 bits per heavy atom.